The van der Waals surface area contributed by atoms with Gasteiger partial charge in [0.2, 0.25) is 5.91 Å². The third-order valence-electron chi connectivity index (χ3n) is 5.95. The van der Waals surface area contributed by atoms with Crippen molar-refractivity contribution in [3.05, 3.63) is 71.3 Å². The quantitative estimate of drug-likeness (QED) is 0.871. The lowest BCUT2D eigenvalue weighted by molar-refractivity contribution is -0.153. The van der Waals surface area contributed by atoms with Crippen molar-refractivity contribution in [3.8, 4) is 0 Å². The lowest BCUT2D eigenvalue weighted by Gasteiger charge is -2.39. The van der Waals surface area contributed by atoms with Crippen LogP contribution in [0.5, 0.6) is 0 Å². The number of benzene rings is 2. The number of hydrogen-bond donors (Lipinski definition) is 1. The summed E-state index contributed by atoms with van der Waals surface area (Å²) in [5.74, 6) is -1.38. The van der Waals surface area contributed by atoms with Crippen molar-refractivity contribution in [1.29, 1.82) is 0 Å². The monoisotopic (exact) mass is 392 g/mol. The van der Waals surface area contributed by atoms with Crippen molar-refractivity contribution in [2.45, 2.75) is 25.3 Å². The van der Waals surface area contributed by atoms with Gasteiger partial charge in [0, 0.05) is 31.1 Å². The number of amides is 2. The van der Waals surface area contributed by atoms with Gasteiger partial charge in [-0.3, -0.25) is 9.59 Å². The van der Waals surface area contributed by atoms with Crippen molar-refractivity contribution >= 4 is 17.8 Å². The van der Waals surface area contributed by atoms with Gasteiger partial charge in [0.15, 0.2) is 6.04 Å². The van der Waals surface area contributed by atoms with Gasteiger partial charge in [0.25, 0.3) is 5.91 Å². The number of hydrogen-bond acceptors (Lipinski definition) is 3. The highest BCUT2D eigenvalue weighted by atomic mass is 16.4. The van der Waals surface area contributed by atoms with Gasteiger partial charge in [-0.15, -0.1) is 0 Å². The van der Waals surface area contributed by atoms with Gasteiger partial charge in [-0.05, 0) is 42.5 Å². The fourth-order valence-corrected chi connectivity index (χ4v) is 4.40. The second-order valence-electron chi connectivity index (χ2n) is 7.65. The fraction of sp³-hybridized carbons (Fsp3) is 0.348. The Balaban J connectivity index is 1.44. The number of carboxylic acids is 1. The first-order chi connectivity index (χ1) is 14.1. The van der Waals surface area contributed by atoms with Crippen molar-refractivity contribution in [2.75, 3.05) is 19.6 Å². The maximum atomic E-state index is 13.2. The minimum absolute atomic E-state index is 0.0215. The minimum atomic E-state index is -0.998. The molecular weight excluding hydrogens is 368 g/mol. The number of aliphatic carboxylic acids is 1. The van der Waals surface area contributed by atoms with Gasteiger partial charge in [-0.25, -0.2) is 4.79 Å². The van der Waals surface area contributed by atoms with Gasteiger partial charge in [0.05, 0.1) is 0 Å². The lowest BCUT2D eigenvalue weighted by atomic mass is 9.89. The Morgan fingerprint density at radius 1 is 0.862 bits per heavy atom. The van der Waals surface area contributed by atoms with E-state index < -0.39 is 12.0 Å². The Morgan fingerprint density at radius 2 is 1.52 bits per heavy atom. The Morgan fingerprint density at radius 3 is 2.21 bits per heavy atom. The molecule has 1 saturated heterocycles. The van der Waals surface area contributed by atoms with Crippen LogP contribution in [0, 0.1) is 5.92 Å². The topological polar surface area (TPSA) is 77.9 Å². The van der Waals surface area contributed by atoms with E-state index in [9.17, 15) is 19.5 Å². The Labute approximate surface area is 169 Å². The normalized spacial score (nSPS) is 19.5. The third kappa shape index (κ3) is 3.75. The zero-order valence-electron chi connectivity index (χ0n) is 16.2. The van der Waals surface area contributed by atoms with E-state index in [1.807, 2.05) is 36.4 Å². The molecule has 0 radical (unpaired) electrons. The summed E-state index contributed by atoms with van der Waals surface area (Å²) in [7, 11) is 0. The summed E-state index contributed by atoms with van der Waals surface area (Å²) in [4.78, 5) is 41.1. The number of piperidine rings is 1. The van der Waals surface area contributed by atoms with Crippen molar-refractivity contribution < 1.29 is 19.5 Å². The molecule has 0 aromatic heterocycles. The van der Waals surface area contributed by atoms with Crippen LogP contribution in [0.1, 0.15) is 40.4 Å². The molecule has 6 nitrogen and oxygen atoms in total. The molecule has 1 N–H and O–H groups in total. The molecule has 150 valence electrons. The highest BCUT2D eigenvalue weighted by molar-refractivity contribution is 5.94. The summed E-state index contributed by atoms with van der Waals surface area (Å²) in [6.45, 7) is 1.43. The molecule has 1 fully saturated rings. The molecule has 4 rings (SSSR count). The number of likely N-dealkylation sites (tertiary alicyclic amines) is 1. The van der Waals surface area contributed by atoms with Crippen LogP contribution in [0.2, 0.25) is 0 Å². The molecule has 2 amide bonds. The maximum absolute atomic E-state index is 13.2. The van der Waals surface area contributed by atoms with E-state index in [0.29, 0.717) is 50.0 Å². The first-order valence-electron chi connectivity index (χ1n) is 10.0. The Hall–Kier alpha value is -3.15. The van der Waals surface area contributed by atoms with E-state index in [4.69, 9.17) is 0 Å². The van der Waals surface area contributed by atoms with Crippen molar-refractivity contribution in [2.24, 2.45) is 5.92 Å². The van der Waals surface area contributed by atoms with Crippen LogP contribution in [0.4, 0.5) is 0 Å². The van der Waals surface area contributed by atoms with Crippen LogP contribution < -0.4 is 0 Å². The molecule has 2 aromatic rings. The third-order valence-corrected chi connectivity index (χ3v) is 5.95. The Bertz CT molecular complexity index is 919. The van der Waals surface area contributed by atoms with E-state index in [1.165, 1.54) is 4.90 Å². The van der Waals surface area contributed by atoms with Crippen LogP contribution in [-0.2, 0) is 16.0 Å². The Kier molecular flexibility index (Phi) is 5.34. The highest BCUT2D eigenvalue weighted by Crippen LogP contribution is 2.33. The predicted molar refractivity (Wildman–Crippen MR) is 107 cm³/mol. The van der Waals surface area contributed by atoms with Crippen LogP contribution >= 0.6 is 0 Å². The average Bonchev–Trinajstić information content (AvgIpc) is 2.78. The number of carbonyl (C=O) groups excluding carboxylic acids is 2. The molecule has 2 aromatic carbocycles. The first-order valence-corrected chi connectivity index (χ1v) is 10.0. The molecule has 2 heterocycles. The molecule has 2 aliphatic heterocycles. The molecule has 0 bridgehead atoms. The maximum Gasteiger partial charge on any atom is 0.331 e. The molecule has 2 aliphatic rings. The van der Waals surface area contributed by atoms with Crippen molar-refractivity contribution in [1.82, 2.24) is 9.80 Å². The van der Waals surface area contributed by atoms with Gasteiger partial charge >= 0.3 is 5.97 Å². The number of fused-ring (bicyclic) bond motifs is 1. The molecule has 6 heteroatoms. The molecule has 1 unspecified atom stereocenters. The number of rotatable bonds is 3. The standard InChI is InChI=1S/C23H24N2O4/c26-21(17-7-2-1-3-8-17)24-13-10-18(11-14-24)22(27)25-15-12-16-6-4-5-9-19(16)20(25)23(28)29/h1-9,18,20H,10-15H2,(H,28,29). The molecule has 0 spiro atoms. The largest absolute Gasteiger partial charge is 0.479 e. The molecule has 0 saturated carbocycles. The molecular formula is C23H24N2O4. The summed E-state index contributed by atoms with van der Waals surface area (Å²) in [6, 6.07) is 15.6. The fourth-order valence-electron chi connectivity index (χ4n) is 4.40. The molecule has 29 heavy (non-hydrogen) atoms. The van der Waals surface area contributed by atoms with Gasteiger partial charge in [0.1, 0.15) is 0 Å². The average molecular weight is 392 g/mol. The SMILES string of the molecule is O=C(O)C1c2ccccc2CCN1C(=O)C1CCN(C(=O)c2ccccc2)CC1. The number of carbonyl (C=O) groups is 3. The summed E-state index contributed by atoms with van der Waals surface area (Å²) in [6.07, 6.45) is 1.78. The second-order valence-corrected chi connectivity index (χ2v) is 7.65. The van der Waals surface area contributed by atoms with E-state index in [1.54, 1.807) is 23.1 Å². The summed E-state index contributed by atoms with van der Waals surface area (Å²) in [5.41, 5.74) is 2.35. The van der Waals surface area contributed by atoms with E-state index in [0.717, 1.165) is 5.56 Å². The van der Waals surface area contributed by atoms with Gasteiger partial charge < -0.3 is 14.9 Å². The van der Waals surface area contributed by atoms with Crippen LogP contribution in [0.3, 0.4) is 0 Å². The zero-order chi connectivity index (χ0) is 20.4. The first kappa shape index (κ1) is 19.2. The minimum Gasteiger partial charge on any atom is -0.479 e. The molecule has 1 atom stereocenters. The predicted octanol–water partition coefficient (Wildman–Crippen LogP) is 2.75. The van der Waals surface area contributed by atoms with E-state index >= 15 is 0 Å². The van der Waals surface area contributed by atoms with Crippen LogP contribution in [0.15, 0.2) is 54.6 Å². The van der Waals surface area contributed by atoms with E-state index in [-0.39, 0.29) is 17.7 Å². The zero-order valence-corrected chi connectivity index (χ0v) is 16.2. The smallest absolute Gasteiger partial charge is 0.331 e. The van der Waals surface area contributed by atoms with Gasteiger partial charge in [-0.2, -0.15) is 0 Å². The van der Waals surface area contributed by atoms with Crippen LogP contribution in [0.25, 0.3) is 0 Å². The summed E-state index contributed by atoms with van der Waals surface area (Å²) < 4.78 is 0. The van der Waals surface area contributed by atoms with Crippen molar-refractivity contribution in [3.63, 3.8) is 0 Å². The molecule has 0 aliphatic carbocycles. The highest BCUT2D eigenvalue weighted by Gasteiger charge is 2.39. The number of carboxylic acid groups (broad SMARTS) is 1. The second kappa shape index (κ2) is 8.07. The summed E-state index contributed by atoms with van der Waals surface area (Å²) in [5, 5.41) is 9.80. The van der Waals surface area contributed by atoms with E-state index in [2.05, 4.69) is 0 Å². The van der Waals surface area contributed by atoms with Crippen LogP contribution in [-0.4, -0.2) is 52.3 Å². The number of nitrogens with zero attached hydrogens (tertiary/aromatic N) is 2. The van der Waals surface area contributed by atoms with Gasteiger partial charge in [-0.1, -0.05) is 42.5 Å². The summed E-state index contributed by atoms with van der Waals surface area (Å²) >= 11 is 0. The lowest BCUT2D eigenvalue weighted by Crippen LogP contribution is -2.49.